The molecule has 5 rings (SSSR count). The predicted octanol–water partition coefficient (Wildman–Crippen LogP) is 2.10. The third kappa shape index (κ3) is 4.14. The molecule has 0 spiro atoms. The highest BCUT2D eigenvalue weighted by molar-refractivity contribution is 6.05. The molecule has 170 valence electrons. The number of para-hydroxylation sites is 1. The van der Waals surface area contributed by atoms with Crippen molar-refractivity contribution in [2.24, 2.45) is 5.92 Å². The number of benzene rings is 2. The van der Waals surface area contributed by atoms with E-state index in [9.17, 15) is 14.4 Å². The molecule has 2 fully saturated rings. The van der Waals surface area contributed by atoms with E-state index in [-0.39, 0.29) is 29.0 Å². The van der Waals surface area contributed by atoms with Gasteiger partial charge in [-0.3, -0.25) is 14.4 Å². The first kappa shape index (κ1) is 21.3. The average molecular weight is 447 g/mol. The Balaban J connectivity index is 1.48. The number of rotatable bonds is 3. The van der Waals surface area contributed by atoms with E-state index in [1.54, 1.807) is 41.3 Å². The standard InChI is InChI=1S/C25H26N4O4/c30-23(27-13-15-33-16-14-27)18-7-6-12-28(17-18)25(32)22-20-10-4-5-11-21(20)24(31)29(26-22)19-8-2-1-3-9-19/h1-5,8-11,18H,6-7,12-17H2. The maximum atomic E-state index is 13.7. The largest absolute Gasteiger partial charge is 0.378 e. The van der Waals surface area contributed by atoms with Crippen LogP contribution in [0.25, 0.3) is 16.5 Å². The van der Waals surface area contributed by atoms with Gasteiger partial charge in [-0.15, -0.1) is 0 Å². The molecule has 1 unspecified atom stereocenters. The Hall–Kier alpha value is -3.52. The Kier molecular flexibility index (Phi) is 5.92. The molecule has 1 aromatic heterocycles. The van der Waals surface area contributed by atoms with Gasteiger partial charge in [0.2, 0.25) is 5.91 Å². The van der Waals surface area contributed by atoms with Crippen molar-refractivity contribution in [1.82, 2.24) is 19.6 Å². The van der Waals surface area contributed by atoms with Gasteiger partial charge in [0.25, 0.3) is 11.5 Å². The molecule has 33 heavy (non-hydrogen) atoms. The van der Waals surface area contributed by atoms with Crippen molar-refractivity contribution in [3.63, 3.8) is 0 Å². The van der Waals surface area contributed by atoms with Crippen LogP contribution in [0.1, 0.15) is 23.3 Å². The molecule has 2 aromatic carbocycles. The molecule has 2 aliphatic heterocycles. The van der Waals surface area contributed by atoms with Gasteiger partial charge in [0.1, 0.15) is 0 Å². The van der Waals surface area contributed by atoms with Crippen molar-refractivity contribution in [3.8, 4) is 5.69 Å². The molecule has 0 aliphatic carbocycles. The van der Waals surface area contributed by atoms with Crippen LogP contribution in [0.15, 0.2) is 59.4 Å². The minimum absolute atomic E-state index is 0.0860. The Morgan fingerprint density at radius 3 is 2.33 bits per heavy atom. The molecule has 3 heterocycles. The number of ether oxygens (including phenoxy) is 1. The number of hydrogen-bond donors (Lipinski definition) is 0. The predicted molar refractivity (Wildman–Crippen MR) is 123 cm³/mol. The van der Waals surface area contributed by atoms with Gasteiger partial charge in [-0.2, -0.15) is 9.78 Å². The second-order valence-electron chi connectivity index (χ2n) is 8.47. The Morgan fingerprint density at radius 1 is 0.879 bits per heavy atom. The maximum Gasteiger partial charge on any atom is 0.279 e. The van der Waals surface area contributed by atoms with Crippen LogP contribution < -0.4 is 5.56 Å². The average Bonchev–Trinajstić information content (AvgIpc) is 2.89. The lowest BCUT2D eigenvalue weighted by atomic mass is 9.95. The zero-order chi connectivity index (χ0) is 22.8. The van der Waals surface area contributed by atoms with Gasteiger partial charge in [0, 0.05) is 31.6 Å². The van der Waals surface area contributed by atoms with E-state index in [2.05, 4.69) is 5.10 Å². The molecule has 8 nitrogen and oxygen atoms in total. The minimum atomic E-state index is -0.271. The lowest BCUT2D eigenvalue weighted by Crippen LogP contribution is -2.49. The number of hydrogen-bond acceptors (Lipinski definition) is 5. The second kappa shape index (κ2) is 9.15. The van der Waals surface area contributed by atoms with Crippen LogP contribution in [-0.2, 0) is 9.53 Å². The fourth-order valence-corrected chi connectivity index (χ4v) is 4.65. The third-order valence-corrected chi connectivity index (χ3v) is 6.39. The highest BCUT2D eigenvalue weighted by atomic mass is 16.5. The smallest absolute Gasteiger partial charge is 0.279 e. The minimum Gasteiger partial charge on any atom is -0.378 e. The molecular formula is C25H26N4O4. The summed E-state index contributed by atoms with van der Waals surface area (Å²) in [5.41, 5.74) is 0.558. The molecule has 1 atom stereocenters. The Bertz CT molecular complexity index is 1230. The molecule has 3 aromatic rings. The van der Waals surface area contributed by atoms with E-state index in [0.717, 1.165) is 12.8 Å². The zero-order valence-electron chi connectivity index (χ0n) is 18.4. The molecule has 0 radical (unpaired) electrons. The lowest BCUT2D eigenvalue weighted by molar-refractivity contribution is -0.141. The first-order valence-electron chi connectivity index (χ1n) is 11.4. The maximum absolute atomic E-state index is 13.7. The van der Waals surface area contributed by atoms with Crippen LogP contribution in [0, 0.1) is 5.92 Å². The van der Waals surface area contributed by atoms with Crippen LogP contribution in [-0.4, -0.2) is 70.8 Å². The van der Waals surface area contributed by atoms with Crippen molar-refractivity contribution < 1.29 is 14.3 Å². The third-order valence-electron chi connectivity index (χ3n) is 6.39. The number of aromatic nitrogens is 2. The highest BCUT2D eigenvalue weighted by Crippen LogP contribution is 2.23. The van der Waals surface area contributed by atoms with E-state index in [1.165, 1.54) is 4.68 Å². The fraction of sp³-hybridized carbons (Fsp3) is 0.360. The number of fused-ring (bicyclic) bond motifs is 1. The first-order chi connectivity index (χ1) is 16.1. The normalized spacial score (nSPS) is 19.0. The Labute approximate surface area is 191 Å². The number of likely N-dealkylation sites (tertiary alicyclic amines) is 1. The molecule has 2 amide bonds. The van der Waals surface area contributed by atoms with Gasteiger partial charge in [-0.25, -0.2) is 0 Å². The number of amides is 2. The quantitative estimate of drug-likeness (QED) is 0.615. The summed E-state index contributed by atoms with van der Waals surface area (Å²) in [6, 6.07) is 16.1. The van der Waals surface area contributed by atoms with Gasteiger partial charge in [0.05, 0.1) is 30.2 Å². The van der Waals surface area contributed by atoms with Gasteiger partial charge in [-0.1, -0.05) is 36.4 Å². The summed E-state index contributed by atoms with van der Waals surface area (Å²) in [6.45, 7) is 3.22. The summed E-state index contributed by atoms with van der Waals surface area (Å²) in [7, 11) is 0. The summed E-state index contributed by atoms with van der Waals surface area (Å²) in [4.78, 5) is 43.3. The van der Waals surface area contributed by atoms with Crippen LogP contribution in [0.2, 0.25) is 0 Å². The van der Waals surface area contributed by atoms with E-state index in [0.29, 0.717) is 55.9 Å². The summed E-state index contributed by atoms with van der Waals surface area (Å²) in [5.74, 6) is -0.398. The molecule has 8 heteroatoms. The lowest BCUT2D eigenvalue weighted by Gasteiger charge is -2.36. The molecule has 0 saturated carbocycles. The second-order valence-corrected chi connectivity index (χ2v) is 8.47. The van der Waals surface area contributed by atoms with Gasteiger partial charge >= 0.3 is 0 Å². The van der Waals surface area contributed by atoms with Crippen LogP contribution in [0.5, 0.6) is 0 Å². The Morgan fingerprint density at radius 2 is 1.58 bits per heavy atom. The van der Waals surface area contributed by atoms with Crippen LogP contribution in [0.3, 0.4) is 0 Å². The number of morpholine rings is 1. The number of piperidine rings is 1. The summed E-state index contributed by atoms with van der Waals surface area (Å²) < 4.78 is 6.65. The van der Waals surface area contributed by atoms with Gasteiger partial charge in [-0.05, 0) is 31.0 Å². The van der Waals surface area contributed by atoms with Gasteiger partial charge in [0.15, 0.2) is 5.69 Å². The molecule has 0 N–H and O–H groups in total. The van der Waals surface area contributed by atoms with Crippen molar-refractivity contribution in [2.45, 2.75) is 12.8 Å². The van der Waals surface area contributed by atoms with E-state index in [1.807, 2.05) is 23.1 Å². The number of carbonyl (C=O) groups excluding carboxylic acids is 2. The van der Waals surface area contributed by atoms with Crippen molar-refractivity contribution in [1.29, 1.82) is 0 Å². The van der Waals surface area contributed by atoms with E-state index in [4.69, 9.17) is 4.74 Å². The highest BCUT2D eigenvalue weighted by Gasteiger charge is 2.33. The molecule has 0 bridgehead atoms. The van der Waals surface area contributed by atoms with Crippen molar-refractivity contribution in [2.75, 3.05) is 39.4 Å². The van der Waals surface area contributed by atoms with Crippen molar-refractivity contribution >= 4 is 22.6 Å². The summed E-state index contributed by atoms with van der Waals surface area (Å²) >= 11 is 0. The summed E-state index contributed by atoms with van der Waals surface area (Å²) in [6.07, 6.45) is 1.51. The number of nitrogens with zero attached hydrogens (tertiary/aromatic N) is 4. The molecular weight excluding hydrogens is 420 g/mol. The number of carbonyl (C=O) groups is 2. The molecule has 2 aliphatic rings. The van der Waals surface area contributed by atoms with Crippen LogP contribution in [0.4, 0.5) is 0 Å². The molecule has 2 saturated heterocycles. The van der Waals surface area contributed by atoms with Gasteiger partial charge < -0.3 is 14.5 Å². The SMILES string of the molecule is O=C(c1nn(-c2ccccc2)c(=O)c2ccccc12)N1CCCC(C(=O)N2CCOCC2)C1. The van der Waals surface area contributed by atoms with E-state index < -0.39 is 0 Å². The monoisotopic (exact) mass is 446 g/mol. The van der Waals surface area contributed by atoms with Crippen LogP contribution >= 0.6 is 0 Å². The topological polar surface area (TPSA) is 84.7 Å². The van der Waals surface area contributed by atoms with Crippen molar-refractivity contribution in [3.05, 3.63) is 70.6 Å². The fourth-order valence-electron chi connectivity index (χ4n) is 4.65. The first-order valence-corrected chi connectivity index (χ1v) is 11.4. The van der Waals surface area contributed by atoms with E-state index >= 15 is 0 Å². The summed E-state index contributed by atoms with van der Waals surface area (Å²) in [5, 5.41) is 5.48. The zero-order valence-corrected chi connectivity index (χ0v) is 18.4.